The van der Waals surface area contributed by atoms with Crippen molar-refractivity contribution in [1.29, 1.82) is 0 Å². The zero-order valence-corrected chi connectivity index (χ0v) is 13.2. The SMILES string of the molecule is CC1Oc2ccccc2OC1C(=O)NS(=O)(=O)c1cccs1. The van der Waals surface area contributed by atoms with Crippen LogP contribution in [0.15, 0.2) is 46.0 Å². The Labute approximate surface area is 131 Å². The van der Waals surface area contributed by atoms with E-state index >= 15 is 0 Å². The molecular weight excluding hydrogens is 326 g/mol. The number of fused-ring (bicyclic) bond motifs is 1. The fourth-order valence-electron chi connectivity index (χ4n) is 2.06. The van der Waals surface area contributed by atoms with Gasteiger partial charge in [0.2, 0.25) is 6.10 Å². The lowest BCUT2D eigenvalue weighted by atomic mass is 10.2. The summed E-state index contributed by atoms with van der Waals surface area (Å²) in [6, 6.07) is 9.95. The molecule has 1 aromatic carbocycles. The minimum atomic E-state index is -3.88. The van der Waals surface area contributed by atoms with E-state index in [1.165, 1.54) is 6.07 Å². The molecule has 0 spiro atoms. The van der Waals surface area contributed by atoms with Gasteiger partial charge in [0.05, 0.1) is 0 Å². The van der Waals surface area contributed by atoms with Crippen LogP contribution in [0.25, 0.3) is 0 Å². The highest BCUT2D eigenvalue weighted by molar-refractivity contribution is 7.92. The number of carbonyl (C=O) groups excluding carboxylic acids is 1. The fourth-order valence-corrected chi connectivity index (χ4v) is 4.05. The highest BCUT2D eigenvalue weighted by atomic mass is 32.2. The number of para-hydroxylation sites is 2. The first-order valence-electron chi connectivity index (χ1n) is 6.50. The molecule has 8 heteroatoms. The maximum atomic E-state index is 12.2. The van der Waals surface area contributed by atoms with Gasteiger partial charge in [-0.25, -0.2) is 13.1 Å². The number of thiophene rings is 1. The van der Waals surface area contributed by atoms with Crippen molar-refractivity contribution in [3.05, 3.63) is 41.8 Å². The molecule has 2 atom stereocenters. The number of nitrogens with one attached hydrogen (secondary N) is 1. The van der Waals surface area contributed by atoms with Crippen molar-refractivity contribution >= 4 is 27.3 Å². The Morgan fingerprint density at radius 3 is 2.45 bits per heavy atom. The van der Waals surface area contributed by atoms with Gasteiger partial charge in [0.15, 0.2) is 11.5 Å². The number of carbonyl (C=O) groups is 1. The lowest BCUT2D eigenvalue weighted by Gasteiger charge is -2.30. The third-order valence-electron chi connectivity index (χ3n) is 3.10. The smallest absolute Gasteiger partial charge is 0.278 e. The van der Waals surface area contributed by atoms with Gasteiger partial charge in [0.1, 0.15) is 10.3 Å². The molecule has 0 radical (unpaired) electrons. The molecule has 0 saturated heterocycles. The van der Waals surface area contributed by atoms with Gasteiger partial charge in [-0.05, 0) is 30.5 Å². The van der Waals surface area contributed by atoms with Crippen LogP contribution in [0.2, 0.25) is 0 Å². The number of hydrogen-bond donors (Lipinski definition) is 1. The first kappa shape index (κ1) is 14.9. The maximum absolute atomic E-state index is 12.2. The van der Waals surface area contributed by atoms with Crippen LogP contribution >= 0.6 is 11.3 Å². The molecule has 2 aromatic rings. The minimum Gasteiger partial charge on any atom is -0.482 e. The van der Waals surface area contributed by atoms with Gasteiger partial charge in [0.25, 0.3) is 15.9 Å². The van der Waals surface area contributed by atoms with E-state index in [4.69, 9.17) is 9.47 Å². The Morgan fingerprint density at radius 2 is 1.82 bits per heavy atom. The number of amides is 1. The van der Waals surface area contributed by atoms with E-state index in [9.17, 15) is 13.2 Å². The monoisotopic (exact) mass is 339 g/mol. The zero-order chi connectivity index (χ0) is 15.7. The maximum Gasteiger partial charge on any atom is 0.278 e. The zero-order valence-electron chi connectivity index (χ0n) is 11.6. The van der Waals surface area contributed by atoms with E-state index < -0.39 is 28.1 Å². The lowest BCUT2D eigenvalue weighted by Crippen LogP contribution is -2.50. The molecule has 1 N–H and O–H groups in total. The molecule has 1 amide bonds. The summed E-state index contributed by atoms with van der Waals surface area (Å²) >= 11 is 1.03. The predicted molar refractivity (Wildman–Crippen MR) is 80.6 cm³/mol. The molecule has 116 valence electrons. The first-order valence-corrected chi connectivity index (χ1v) is 8.86. The number of hydrogen-bond acceptors (Lipinski definition) is 6. The van der Waals surface area contributed by atoms with Crippen molar-refractivity contribution in [2.75, 3.05) is 0 Å². The van der Waals surface area contributed by atoms with Gasteiger partial charge >= 0.3 is 0 Å². The number of rotatable bonds is 3. The second-order valence-corrected chi connectivity index (χ2v) is 7.57. The van der Waals surface area contributed by atoms with E-state index in [1.54, 1.807) is 42.6 Å². The Bertz CT molecular complexity index is 785. The Balaban J connectivity index is 1.79. The Hall–Kier alpha value is -2.06. The molecular formula is C14H13NO5S2. The van der Waals surface area contributed by atoms with Crippen LogP contribution in [0.5, 0.6) is 11.5 Å². The van der Waals surface area contributed by atoms with Crippen molar-refractivity contribution in [3.8, 4) is 11.5 Å². The number of sulfonamides is 1. The summed E-state index contributed by atoms with van der Waals surface area (Å²) < 4.78 is 37.4. The lowest BCUT2D eigenvalue weighted by molar-refractivity contribution is -0.131. The fraction of sp³-hybridized carbons (Fsp3) is 0.214. The highest BCUT2D eigenvalue weighted by Crippen LogP contribution is 2.33. The van der Waals surface area contributed by atoms with Crippen molar-refractivity contribution in [2.24, 2.45) is 0 Å². The third kappa shape index (κ3) is 2.79. The predicted octanol–water partition coefficient (Wildman–Crippen LogP) is 1.78. The van der Waals surface area contributed by atoms with E-state index in [2.05, 4.69) is 0 Å². The van der Waals surface area contributed by atoms with Crippen molar-refractivity contribution in [1.82, 2.24) is 4.72 Å². The summed E-state index contributed by atoms with van der Waals surface area (Å²) in [5.74, 6) is 0.185. The van der Waals surface area contributed by atoms with E-state index in [0.29, 0.717) is 11.5 Å². The second kappa shape index (κ2) is 5.62. The van der Waals surface area contributed by atoms with Crippen LogP contribution in [0.4, 0.5) is 0 Å². The highest BCUT2D eigenvalue weighted by Gasteiger charge is 2.36. The van der Waals surface area contributed by atoms with Crippen molar-refractivity contribution in [2.45, 2.75) is 23.3 Å². The molecule has 1 aliphatic rings. The normalized spacial score (nSPS) is 20.4. The molecule has 6 nitrogen and oxygen atoms in total. The van der Waals surface area contributed by atoms with E-state index in [0.717, 1.165) is 11.3 Å². The van der Waals surface area contributed by atoms with Crippen LogP contribution < -0.4 is 14.2 Å². The summed E-state index contributed by atoms with van der Waals surface area (Å²) in [5.41, 5.74) is 0. The van der Waals surface area contributed by atoms with Crippen LogP contribution in [0.3, 0.4) is 0 Å². The molecule has 0 aliphatic carbocycles. The first-order chi connectivity index (χ1) is 10.5. The molecule has 2 heterocycles. The van der Waals surface area contributed by atoms with Crippen molar-refractivity contribution < 1.29 is 22.7 Å². The van der Waals surface area contributed by atoms with Gasteiger partial charge in [-0.2, -0.15) is 0 Å². The van der Waals surface area contributed by atoms with Gasteiger partial charge in [-0.1, -0.05) is 18.2 Å². The summed E-state index contributed by atoms with van der Waals surface area (Å²) in [6.45, 7) is 1.65. The number of ether oxygens (including phenoxy) is 2. The summed E-state index contributed by atoms with van der Waals surface area (Å²) in [6.07, 6.45) is -1.64. The van der Waals surface area contributed by atoms with Crippen LogP contribution in [-0.2, 0) is 14.8 Å². The molecule has 1 aliphatic heterocycles. The molecule has 0 bridgehead atoms. The molecule has 0 saturated carbocycles. The summed E-state index contributed by atoms with van der Waals surface area (Å²) in [7, 11) is -3.88. The molecule has 2 unspecified atom stereocenters. The average molecular weight is 339 g/mol. The topological polar surface area (TPSA) is 81.7 Å². The number of benzene rings is 1. The van der Waals surface area contributed by atoms with E-state index in [-0.39, 0.29) is 4.21 Å². The second-order valence-electron chi connectivity index (χ2n) is 4.71. The largest absolute Gasteiger partial charge is 0.482 e. The molecule has 3 rings (SSSR count). The standard InChI is InChI=1S/C14H13NO5S2/c1-9-13(20-11-6-3-2-5-10(11)19-9)14(16)15-22(17,18)12-7-4-8-21-12/h2-9,13H,1H3,(H,15,16). The molecule has 1 aromatic heterocycles. The molecule has 22 heavy (non-hydrogen) atoms. The Morgan fingerprint density at radius 1 is 1.14 bits per heavy atom. The van der Waals surface area contributed by atoms with Crippen molar-refractivity contribution in [3.63, 3.8) is 0 Å². The Kier molecular flexibility index (Phi) is 3.79. The van der Waals surface area contributed by atoms with Crippen LogP contribution in [0, 0.1) is 0 Å². The van der Waals surface area contributed by atoms with Crippen LogP contribution in [0.1, 0.15) is 6.92 Å². The minimum absolute atomic E-state index is 0.0747. The van der Waals surface area contributed by atoms with Gasteiger partial charge < -0.3 is 9.47 Å². The summed E-state index contributed by atoms with van der Waals surface area (Å²) in [4.78, 5) is 12.2. The average Bonchev–Trinajstić information content (AvgIpc) is 3.01. The van der Waals surface area contributed by atoms with E-state index in [1.807, 2.05) is 4.72 Å². The third-order valence-corrected chi connectivity index (χ3v) is 5.84. The van der Waals surface area contributed by atoms with Gasteiger partial charge in [0, 0.05) is 0 Å². The quantitative estimate of drug-likeness (QED) is 0.922. The van der Waals surface area contributed by atoms with Gasteiger partial charge in [-0.15, -0.1) is 11.3 Å². The summed E-state index contributed by atoms with van der Waals surface area (Å²) in [5, 5.41) is 1.62. The van der Waals surface area contributed by atoms with Crippen LogP contribution in [-0.4, -0.2) is 26.5 Å². The molecule has 0 fully saturated rings. The van der Waals surface area contributed by atoms with Gasteiger partial charge in [-0.3, -0.25) is 4.79 Å².